The fraction of sp³-hybridized carbons (Fsp3) is 0.0476. The smallest absolute Gasteiger partial charge is 0.119 e. The molecule has 1 aromatic heterocycles. The molecule has 0 amide bonds. The Morgan fingerprint density at radius 2 is 1.57 bits per heavy atom. The van der Waals surface area contributed by atoms with Crippen LogP contribution < -0.4 is 4.74 Å². The molecule has 0 atom stereocenters. The van der Waals surface area contributed by atoms with Crippen LogP contribution in [0.2, 0.25) is 0 Å². The van der Waals surface area contributed by atoms with E-state index in [0.29, 0.717) is 6.61 Å². The van der Waals surface area contributed by atoms with Gasteiger partial charge >= 0.3 is 0 Å². The molecule has 1 N–H and O–H groups in total. The number of hydrogen-bond acceptors (Lipinski definition) is 1. The molecule has 1 heterocycles. The highest BCUT2D eigenvalue weighted by Crippen LogP contribution is 2.29. The van der Waals surface area contributed by atoms with Crippen LogP contribution in [-0.2, 0) is 6.61 Å². The van der Waals surface area contributed by atoms with E-state index < -0.39 is 0 Å². The highest BCUT2D eigenvalue weighted by Gasteiger charge is 2.04. The third-order valence-corrected chi connectivity index (χ3v) is 4.01. The van der Waals surface area contributed by atoms with Crippen LogP contribution in [0.3, 0.4) is 0 Å². The summed E-state index contributed by atoms with van der Waals surface area (Å²) < 4.78 is 5.85. The lowest BCUT2D eigenvalue weighted by molar-refractivity contribution is 0.306. The first-order valence-electron chi connectivity index (χ1n) is 7.73. The molecule has 23 heavy (non-hydrogen) atoms. The average Bonchev–Trinajstić information content (AvgIpc) is 3.10. The lowest BCUT2D eigenvalue weighted by Crippen LogP contribution is -1.94. The van der Waals surface area contributed by atoms with Gasteiger partial charge in [-0.2, -0.15) is 0 Å². The lowest BCUT2D eigenvalue weighted by Gasteiger charge is -2.08. The van der Waals surface area contributed by atoms with Crippen molar-refractivity contribution in [1.82, 2.24) is 4.98 Å². The Balaban J connectivity index is 1.55. The average molecular weight is 299 g/mol. The SMILES string of the molecule is c1ccc(COc2ccc(-c3cccc4[nH]ccc34)cc2)cc1. The van der Waals surface area contributed by atoms with Crippen molar-refractivity contribution in [2.45, 2.75) is 6.61 Å². The van der Waals surface area contributed by atoms with Crippen molar-refractivity contribution in [2.75, 3.05) is 0 Å². The molecule has 0 saturated carbocycles. The van der Waals surface area contributed by atoms with Crippen molar-refractivity contribution in [1.29, 1.82) is 0 Å². The van der Waals surface area contributed by atoms with Crippen molar-refractivity contribution in [2.24, 2.45) is 0 Å². The number of hydrogen-bond donors (Lipinski definition) is 1. The number of rotatable bonds is 4. The maximum absolute atomic E-state index is 5.85. The summed E-state index contributed by atoms with van der Waals surface area (Å²) in [7, 11) is 0. The summed E-state index contributed by atoms with van der Waals surface area (Å²) in [5, 5.41) is 1.24. The minimum Gasteiger partial charge on any atom is -0.489 e. The predicted molar refractivity (Wildman–Crippen MR) is 94.5 cm³/mol. The van der Waals surface area contributed by atoms with E-state index in [4.69, 9.17) is 4.74 Å². The number of fused-ring (bicyclic) bond motifs is 1. The molecule has 0 aliphatic heterocycles. The molecule has 2 heteroatoms. The van der Waals surface area contributed by atoms with Gasteiger partial charge in [0, 0.05) is 17.1 Å². The van der Waals surface area contributed by atoms with Crippen LogP contribution in [0.5, 0.6) is 5.75 Å². The zero-order chi connectivity index (χ0) is 15.5. The highest BCUT2D eigenvalue weighted by molar-refractivity contribution is 5.95. The Labute approximate surface area is 135 Å². The highest BCUT2D eigenvalue weighted by atomic mass is 16.5. The van der Waals surface area contributed by atoms with Crippen LogP contribution in [-0.4, -0.2) is 4.98 Å². The zero-order valence-corrected chi connectivity index (χ0v) is 12.7. The van der Waals surface area contributed by atoms with Gasteiger partial charge in [-0.3, -0.25) is 0 Å². The number of aromatic nitrogens is 1. The van der Waals surface area contributed by atoms with Crippen molar-refractivity contribution in [3.8, 4) is 16.9 Å². The molecule has 2 nitrogen and oxygen atoms in total. The second-order valence-electron chi connectivity index (χ2n) is 5.54. The van der Waals surface area contributed by atoms with Gasteiger partial charge in [-0.15, -0.1) is 0 Å². The first-order chi connectivity index (χ1) is 11.4. The first-order valence-corrected chi connectivity index (χ1v) is 7.73. The van der Waals surface area contributed by atoms with E-state index in [1.54, 1.807) is 0 Å². The molecule has 0 saturated heterocycles. The Bertz CT molecular complexity index is 907. The molecule has 0 fully saturated rings. The van der Waals surface area contributed by atoms with E-state index in [1.807, 2.05) is 36.5 Å². The van der Waals surface area contributed by atoms with E-state index in [0.717, 1.165) is 11.3 Å². The molecule has 0 bridgehead atoms. The maximum atomic E-state index is 5.85. The van der Waals surface area contributed by atoms with Crippen LogP contribution >= 0.6 is 0 Å². The van der Waals surface area contributed by atoms with Crippen molar-refractivity contribution >= 4 is 10.9 Å². The molecule has 112 valence electrons. The summed E-state index contributed by atoms with van der Waals surface area (Å²) in [4.78, 5) is 3.25. The first kappa shape index (κ1) is 13.6. The monoisotopic (exact) mass is 299 g/mol. The number of nitrogens with one attached hydrogen (secondary N) is 1. The van der Waals surface area contributed by atoms with Gasteiger partial charge in [0.05, 0.1) is 0 Å². The minimum absolute atomic E-state index is 0.591. The van der Waals surface area contributed by atoms with E-state index in [2.05, 4.69) is 53.5 Å². The molecular weight excluding hydrogens is 282 g/mol. The van der Waals surface area contributed by atoms with Gasteiger partial charge in [-0.25, -0.2) is 0 Å². The lowest BCUT2D eigenvalue weighted by atomic mass is 10.0. The van der Waals surface area contributed by atoms with Gasteiger partial charge in [0.2, 0.25) is 0 Å². The summed E-state index contributed by atoms with van der Waals surface area (Å²) in [5.74, 6) is 0.888. The quantitative estimate of drug-likeness (QED) is 0.535. The van der Waals surface area contributed by atoms with Crippen molar-refractivity contribution in [3.05, 3.63) is 90.6 Å². The Kier molecular flexibility index (Phi) is 3.57. The standard InChI is InChI=1S/C21H17NO/c1-2-5-16(6-3-1)15-23-18-11-9-17(10-12-18)19-7-4-8-21-20(19)13-14-22-21/h1-14,22H,15H2. The largest absolute Gasteiger partial charge is 0.489 e. The molecule has 4 aromatic rings. The number of benzene rings is 3. The fourth-order valence-electron chi connectivity index (χ4n) is 2.81. The van der Waals surface area contributed by atoms with Crippen LogP contribution in [0.4, 0.5) is 0 Å². The van der Waals surface area contributed by atoms with E-state index in [-0.39, 0.29) is 0 Å². The summed E-state index contributed by atoms with van der Waals surface area (Å²) in [6.07, 6.45) is 1.98. The molecule has 0 aliphatic rings. The Morgan fingerprint density at radius 3 is 2.39 bits per heavy atom. The van der Waals surface area contributed by atoms with Gasteiger partial charge in [0.25, 0.3) is 0 Å². The third-order valence-electron chi connectivity index (χ3n) is 4.01. The van der Waals surface area contributed by atoms with Crippen LogP contribution in [0.25, 0.3) is 22.0 Å². The van der Waals surface area contributed by atoms with Gasteiger partial charge in [-0.05, 0) is 41.0 Å². The van der Waals surface area contributed by atoms with E-state index >= 15 is 0 Å². The molecule has 0 spiro atoms. The molecule has 0 aliphatic carbocycles. The van der Waals surface area contributed by atoms with Crippen LogP contribution in [0.15, 0.2) is 85.1 Å². The summed E-state index contributed by atoms with van der Waals surface area (Å²) >= 11 is 0. The zero-order valence-electron chi connectivity index (χ0n) is 12.7. The minimum atomic E-state index is 0.591. The van der Waals surface area contributed by atoms with Gasteiger partial charge in [-0.1, -0.05) is 54.6 Å². The summed E-state index contributed by atoms with van der Waals surface area (Å²) in [5.41, 5.74) is 4.76. The van der Waals surface area contributed by atoms with Gasteiger partial charge in [0.1, 0.15) is 12.4 Å². The maximum Gasteiger partial charge on any atom is 0.119 e. The van der Waals surface area contributed by atoms with Crippen molar-refractivity contribution in [3.63, 3.8) is 0 Å². The Morgan fingerprint density at radius 1 is 0.739 bits per heavy atom. The second kappa shape index (κ2) is 6.01. The Hall–Kier alpha value is -3.00. The number of aromatic amines is 1. The number of ether oxygens (including phenoxy) is 1. The van der Waals surface area contributed by atoms with Crippen LogP contribution in [0.1, 0.15) is 5.56 Å². The van der Waals surface area contributed by atoms with Crippen molar-refractivity contribution < 1.29 is 4.74 Å². The third kappa shape index (κ3) is 2.84. The predicted octanol–water partition coefficient (Wildman–Crippen LogP) is 5.41. The van der Waals surface area contributed by atoms with Gasteiger partial charge in [0.15, 0.2) is 0 Å². The second-order valence-corrected chi connectivity index (χ2v) is 5.54. The summed E-state index contributed by atoms with van der Waals surface area (Å²) in [6, 6.07) is 26.9. The van der Waals surface area contributed by atoms with E-state index in [1.165, 1.54) is 22.1 Å². The topological polar surface area (TPSA) is 25.0 Å². The summed E-state index contributed by atoms with van der Waals surface area (Å²) in [6.45, 7) is 0.591. The van der Waals surface area contributed by atoms with E-state index in [9.17, 15) is 0 Å². The normalized spacial score (nSPS) is 10.8. The van der Waals surface area contributed by atoms with Crippen LogP contribution in [0, 0.1) is 0 Å². The number of H-pyrrole nitrogens is 1. The molecular formula is C21H17NO. The fourth-order valence-corrected chi connectivity index (χ4v) is 2.81. The molecule has 3 aromatic carbocycles. The molecule has 0 radical (unpaired) electrons. The molecule has 4 rings (SSSR count). The van der Waals surface area contributed by atoms with Gasteiger partial charge < -0.3 is 9.72 Å². The molecule has 0 unspecified atom stereocenters.